The summed E-state index contributed by atoms with van der Waals surface area (Å²) in [7, 11) is 0. The molecule has 0 saturated carbocycles. The first-order valence-electron chi connectivity index (χ1n) is 7.35. The van der Waals surface area contributed by atoms with Crippen LogP contribution in [0.4, 0.5) is 0 Å². The van der Waals surface area contributed by atoms with Crippen LogP contribution < -0.4 is 5.73 Å². The van der Waals surface area contributed by atoms with E-state index in [0.717, 1.165) is 18.5 Å². The van der Waals surface area contributed by atoms with Gasteiger partial charge in [0, 0.05) is 26.1 Å². The second kappa shape index (κ2) is 8.22. The third-order valence-electron chi connectivity index (χ3n) is 3.44. The van der Waals surface area contributed by atoms with Gasteiger partial charge in [0.25, 0.3) is 0 Å². The molecule has 0 aliphatic heterocycles. The van der Waals surface area contributed by atoms with Crippen molar-refractivity contribution in [3.8, 4) is 0 Å². The summed E-state index contributed by atoms with van der Waals surface area (Å²) in [6.07, 6.45) is 1.27. The minimum atomic E-state index is 0.122. The highest BCUT2D eigenvalue weighted by atomic mass is 16.2. The zero-order valence-electron chi connectivity index (χ0n) is 12.2. The molecule has 0 radical (unpaired) electrons. The SMILES string of the molecule is NCCC(=O)N(CCc1ccccc1)Cc1ccccc1. The monoisotopic (exact) mass is 282 g/mol. The van der Waals surface area contributed by atoms with Crippen molar-refractivity contribution in [1.82, 2.24) is 4.90 Å². The van der Waals surface area contributed by atoms with E-state index in [1.807, 2.05) is 53.4 Å². The molecule has 21 heavy (non-hydrogen) atoms. The number of hydrogen-bond donors (Lipinski definition) is 1. The molecule has 2 N–H and O–H groups in total. The lowest BCUT2D eigenvalue weighted by molar-refractivity contribution is -0.131. The Kier molecular flexibility index (Phi) is 5.98. The van der Waals surface area contributed by atoms with E-state index in [2.05, 4.69) is 12.1 Å². The summed E-state index contributed by atoms with van der Waals surface area (Å²) in [5.74, 6) is 0.122. The fraction of sp³-hybridized carbons (Fsp3) is 0.278. The molecule has 0 unspecified atom stereocenters. The van der Waals surface area contributed by atoms with Gasteiger partial charge >= 0.3 is 0 Å². The lowest BCUT2D eigenvalue weighted by atomic mass is 10.1. The molecular weight excluding hydrogens is 260 g/mol. The molecule has 2 rings (SSSR count). The van der Waals surface area contributed by atoms with Gasteiger partial charge in [0.1, 0.15) is 0 Å². The molecule has 0 aliphatic rings. The molecule has 0 saturated heterocycles. The predicted molar refractivity (Wildman–Crippen MR) is 85.7 cm³/mol. The molecule has 0 atom stereocenters. The number of nitrogens with two attached hydrogens (primary N) is 1. The van der Waals surface area contributed by atoms with Gasteiger partial charge in [-0.15, -0.1) is 0 Å². The van der Waals surface area contributed by atoms with Gasteiger partial charge in [0.2, 0.25) is 5.91 Å². The molecule has 3 nitrogen and oxygen atoms in total. The molecule has 0 bridgehead atoms. The van der Waals surface area contributed by atoms with Crippen LogP contribution >= 0.6 is 0 Å². The molecular formula is C18H22N2O. The van der Waals surface area contributed by atoms with E-state index < -0.39 is 0 Å². The number of hydrogen-bond acceptors (Lipinski definition) is 2. The Morgan fingerprint density at radius 3 is 2.05 bits per heavy atom. The second-order valence-electron chi connectivity index (χ2n) is 5.08. The lowest BCUT2D eigenvalue weighted by Crippen LogP contribution is -2.33. The van der Waals surface area contributed by atoms with E-state index in [0.29, 0.717) is 19.5 Å². The van der Waals surface area contributed by atoms with E-state index in [9.17, 15) is 4.79 Å². The van der Waals surface area contributed by atoms with Crippen molar-refractivity contribution in [2.75, 3.05) is 13.1 Å². The molecule has 0 heterocycles. The highest BCUT2D eigenvalue weighted by Crippen LogP contribution is 2.08. The van der Waals surface area contributed by atoms with Gasteiger partial charge in [-0.3, -0.25) is 4.79 Å². The van der Waals surface area contributed by atoms with Gasteiger partial charge in [0.05, 0.1) is 0 Å². The van der Waals surface area contributed by atoms with Crippen molar-refractivity contribution in [2.24, 2.45) is 5.73 Å². The van der Waals surface area contributed by atoms with E-state index in [-0.39, 0.29) is 5.91 Å². The van der Waals surface area contributed by atoms with E-state index in [1.165, 1.54) is 5.56 Å². The average Bonchev–Trinajstić information content (AvgIpc) is 2.53. The first kappa shape index (κ1) is 15.3. The molecule has 0 aliphatic carbocycles. The molecule has 1 amide bonds. The van der Waals surface area contributed by atoms with Crippen LogP contribution in [0.3, 0.4) is 0 Å². The van der Waals surface area contributed by atoms with Crippen molar-refractivity contribution < 1.29 is 4.79 Å². The van der Waals surface area contributed by atoms with E-state index in [1.54, 1.807) is 0 Å². The number of nitrogens with zero attached hydrogens (tertiary/aromatic N) is 1. The van der Waals surface area contributed by atoms with Crippen molar-refractivity contribution in [2.45, 2.75) is 19.4 Å². The standard InChI is InChI=1S/C18H22N2O/c19-13-11-18(21)20(15-17-9-5-2-6-10-17)14-12-16-7-3-1-4-8-16/h1-10H,11-15,19H2. The Morgan fingerprint density at radius 2 is 1.48 bits per heavy atom. The van der Waals surface area contributed by atoms with Crippen molar-refractivity contribution in [1.29, 1.82) is 0 Å². The number of amides is 1. The smallest absolute Gasteiger partial charge is 0.224 e. The molecule has 0 aromatic heterocycles. The lowest BCUT2D eigenvalue weighted by Gasteiger charge is -2.23. The topological polar surface area (TPSA) is 46.3 Å². The third kappa shape index (κ3) is 5.04. The summed E-state index contributed by atoms with van der Waals surface area (Å²) in [4.78, 5) is 14.1. The fourth-order valence-corrected chi connectivity index (χ4v) is 2.29. The normalized spacial score (nSPS) is 10.3. The Hall–Kier alpha value is -2.13. The minimum absolute atomic E-state index is 0.122. The maximum Gasteiger partial charge on any atom is 0.224 e. The zero-order valence-corrected chi connectivity index (χ0v) is 12.2. The number of carbonyl (C=O) groups excluding carboxylic acids is 1. The zero-order chi connectivity index (χ0) is 14.9. The van der Waals surface area contributed by atoms with Gasteiger partial charge in [-0.25, -0.2) is 0 Å². The minimum Gasteiger partial charge on any atom is -0.338 e. The van der Waals surface area contributed by atoms with Crippen LogP contribution in [-0.2, 0) is 17.8 Å². The van der Waals surface area contributed by atoms with Crippen LogP contribution in [0, 0.1) is 0 Å². The van der Waals surface area contributed by atoms with Crippen LogP contribution in [-0.4, -0.2) is 23.9 Å². The molecule has 3 heteroatoms. The van der Waals surface area contributed by atoms with Crippen molar-refractivity contribution in [3.05, 3.63) is 71.8 Å². The number of benzene rings is 2. The summed E-state index contributed by atoms with van der Waals surface area (Å²) >= 11 is 0. The Morgan fingerprint density at radius 1 is 0.905 bits per heavy atom. The van der Waals surface area contributed by atoms with E-state index >= 15 is 0 Å². The average molecular weight is 282 g/mol. The van der Waals surface area contributed by atoms with Crippen LogP contribution in [0.5, 0.6) is 0 Å². The summed E-state index contributed by atoms with van der Waals surface area (Å²) in [6, 6.07) is 20.3. The predicted octanol–water partition coefficient (Wildman–Crippen LogP) is 2.61. The molecule has 0 fully saturated rings. The molecule has 2 aromatic carbocycles. The maximum atomic E-state index is 12.2. The van der Waals surface area contributed by atoms with E-state index in [4.69, 9.17) is 5.73 Å². The van der Waals surface area contributed by atoms with Crippen LogP contribution in [0.25, 0.3) is 0 Å². The van der Waals surface area contributed by atoms with Crippen LogP contribution in [0.15, 0.2) is 60.7 Å². The Balaban J connectivity index is 2.00. The highest BCUT2D eigenvalue weighted by molar-refractivity contribution is 5.76. The van der Waals surface area contributed by atoms with Gasteiger partial charge in [-0.05, 0) is 17.5 Å². The largest absolute Gasteiger partial charge is 0.338 e. The van der Waals surface area contributed by atoms with Gasteiger partial charge in [-0.2, -0.15) is 0 Å². The van der Waals surface area contributed by atoms with Gasteiger partial charge < -0.3 is 10.6 Å². The maximum absolute atomic E-state index is 12.2. The molecule has 2 aromatic rings. The van der Waals surface area contributed by atoms with Gasteiger partial charge in [0.15, 0.2) is 0 Å². The fourth-order valence-electron chi connectivity index (χ4n) is 2.29. The van der Waals surface area contributed by atoms with Crippen molar-refractivity contribution in [3.63, 3.8) is 0 Å². The highest BCUT2D eigenvalue weighted by Gasteiger charge is 2.13. The Labute approximate surface area is 126 Å². The van der Waals surface area contributed by atoms with Gasteiger partial charge in [-0.1, -0.05) is 60.7 Å². The molecule has 110 valence electrons. The van der Waals surface area contributed by atoms with Crippen LogP contribution in [0.1, 0.15) is 17.5 Å². The quantitative estimate of drug-likeness (QED) is 0.848. The first-order chi connectivity index (χ1) is 10.3. The summed E-state index contributed by atoms with van der Waals surface area (Å²) in [5, 5.41) is 0. The van der Waals surface area contributed by atoms with Crippen molar-refractivity contribution >= 4 is 5.91 Å². The summed E-state index contributed by atoms with van der Waals surface area (Å²) in [5.41, 5.74) is 7.92. The summed E-state index contributed by atoms with van der Waals surface area (Å²) in [6.45, 7) is 1.76. The molecule has 0 spiro atoms. The Bertz CT molecular complexity index is 540. The number of carbonyl (C=O) groups is 1. The second-order valence-corrected chi connectivity index (χ2v) is 5.08. The third-order valence-corrected chi connectivity index (χ3v) is 3.44. The first-order valence-corrected chi connectivity index (χ1v) is 7.35. The summed E-state index contributed by atoms with van der Waals surface area (Å²) < 4.78 is 0. The van der Waals surface area contributed by atoms with Crippen LogP contribution in [0.2, 0.25) is 0 Å². The number of rotatable bonds is 7.